The van der Waals surface area contributed by atoms with Crippen molar-refractivity contribution in [3.05, 3.63) is 23.8 Å². The van der Waals surface area contributed by atoms with E-state index in [9.17, 15) is 4.39 Å². The molecule has 13 heavy (non-hydrogen) atoms. The molecule has 0 fully saturated rings. The molecule has 2 N–H and O–H groups in total. The molecule has 0 aliphatic rings. The van der Waals surface area contributed by atoms with Crippen LogP contribution in [0.5, 0.6) is 5.75 Å². The Bertz CT molecular complexity index is 291. The van der Waals surface area contributed by atoms with Gasteiger partial charge in [0.15, 0.2) is 0 Å². The van der Waals surface area contributed by atoms with E-state index in [1.807, 2.05) is 0 Å². The van der Waals surface area contributed by atoms with Gasteiger partial charge in [0.25, 0.3) is 0 Å². The maximum absolute atomic E-state index is 12.4. The molecule has 5 heteroatoms. The van der Waals surface area contributed by atoms with E-state index in [1.165, 1.54) is 25.3 Å². The fraction of sp³-hybridized carbons (Fsp3) is 0.250. The SMILES string of the molecule is COc1ccc(B(O)O)cc1CF. The predicted molar refractivity (Wildman–Crippen MR) is 47.6 cm³/mol. The second-order valence-corrected chi connectivity index (χ2v) is 2.58. The average Bonchev–Trinajstić information content (AvgIpc) is 2.16. The maximum Gasteiger partial charge on any atom is 0.488 e. The lowest BCUT2D eigenvalue weighted by molar-refractivity contribution is 0.394. The second-order valence-electron chi connectivity index (χ2n) is 2.58. The fourth-order valence-corrected chi connectivity index (χ4v) is 1.06. The molecule has 0 saturated heterocycles. The summed E-state index contributed by atoms with van der Waals surface area (Å²) in [4.78, 5) is 0. The minimum atomic E-state index is -1.57. The van der Waals surface area contributed by atoms with Gasteiger partial charge in [0, 0.05) is 5.56 Å². The lowest BCUT2D eigenvalue weighted by Crippen LogP contribution is -2.29. The van der Waals surface area contributed by atoms with Gasteiger partial charge in [-0.1, -0.05) is 12.1 Å². The Kier molecular flexibility index (Phi) is 3.28. The third kappa shape index (κ3) is 2.20. The first kappa shape index (κ1) is 10.0. The number of hydrogen-bond acceptors (Lipinski definition) is 3. The number of halogens is 1. The quantitative estimate of drug-likeness (QED) is 0.642. The second kappa shape index (κ2) is 4.25. The molecule has 0 amide bonds. The third-order valence-corrected chi connectivity index (χ3v) is 1.75. The molecular formula is C8H10BFO3. The smallest absolute Gasteiger partial charge is 0.488 e. The van der Waals surface area contributed by atoms with Gasteiger partial charge in [-0.25, -0.2) is 4.39 Å². The van der Waals surface area contributed by atoms with E-state index in [1.54, 1.807) is 0 Å². The van der Waals surface area contributed by atoms with Crippen molar-refractivity contribution in [1.82, 2.24) is 0 Å². The van der Waals surface area contributed by atoms with E-state index < -0.39 is 13.8 Å². The first-order valence-corrected chi connectivity index (χ1v) is 3.78. The summed E-state index contributed by atoms with van der Waals surface area (Å²) < 4.78 is 17.2. The molecule has 1 aromatic carbocycles. The number of alkyl halides is 1. The highest BCUT2D eigenvalue weighted by Crippen LogP contribution is 2.17. The third-order valence-electron chi connectivity index (χ3n) is 1.75. The largest absolute Gasteiger partial charge is 0.496 e. The number of benzene rings is 1. The van der Waals surface area contributed by atoms with Gasteiger partial charge in [-0.05, 0) is 11.5 Å². The van der Waals surface area contributed by atoms with Crippen molar-refractivity contribution >= 4 is 12.6 Å². The zero-order chi connectivity index (χ0) is 9.84. The minimum Gasteiger partial charge on any atom is -0.496 e. The summed E-state index contributed by atoms with van der Waals surface area (Å²) in [5.41, 5.74) is 0.571. The van der Waals surface area contributed by atoms with Crippen LogP contribution in [0.1, 0.15) is 5.56 Å². The van der Waals surface area contributed by atoms with Gasteiger partial charge < -0.3 is 14.8 Å². The van der Waals surface area contributed by atoms with Crippen LogP contribution in [0.3, 0.4) is 0 Å². The lowest BCUT2D eigenvalue weighted by atomic mass is 9.79. The zero-order valence-electron chi connectivity index (χ0n) is 7.20. The minimum absolute atomic E-state index is 0.258. The summed E-state index contributed by atoms with van der Waals surface area (Å²) in [6, 6.07) is 4.34. The van der Waals surface area contributed by atoms with E-state index in [2.05, 4.69) is 0 Å². The highest BCUT2D eigenvalue weighted by molar-refractivity contribution is 6.58. The van der Waals surface area contributed by atoms with Crippen LogP contribution in [0, 0.1) is 0 Å². The van der Waals surface area contributed by atoms with E-state index in [0.717, 1.165) is 0 Å². The number of methoxy groups -OCH3 is 1. The normalized spacial score (nSPS) is 9.85. The van der Waals surface area contributed by atoms with Gasteiger partial charge in [-0.3, -0.25) is 0 Å². The molecular weight excluding hydrogens is 174 g/mol. The zero-order valence-corrected chi connectivity index (χ0v) is 7.20. The van der Waals surface area contributed by atoms with Crippen LogP contribution >= 0.6 is 0 Å². The molecule has 0 aliphatic carbocycles. The Morgan fingerprint density at radius 2 is 2.15 bits per heavy atom. The average molecular weight is 184 g/mol. The molecule has 0 saturated carbocycles. The molecule has 0 bridgehead atoms. The maximum atomic E-state index is 12.4. The molecule has 1 aromatic rings. The summed E-state index contributed by atoms with van der Waals surface area (Å²) in [6.07, 6.45) is 0. The molecule has 70 valence electrons. The Labute approximate surface area is 75.9 Å². The molecule has 0 heterocycles. The fourth-order valence-electron chi connectivity index (χ4n) is 1.06. The highest BCUT2D eigenvalue weighted by Gasteiger charge is 2.13. The molecule has 0 spiro atoms. The highest BCUT2D eigenvalue weighted by atomic mass is 19.1. The standard InChI is InChI=1S/C8H10BFO3/c1-13-8-3-2-7(9(11)12)4-6(8)5-10/h2-4,11-12H,5H2,1H3. The van der Waals surface area contributed by atoms with E-state index in [0.29, 0.717) is 11.3 Å². The van der Waals surface area contributed by atoms with Crippen molar-refractivity contribution in [1.29, 1.82) is 0 Å². The van der Waals surface area contributed by atoms with Crippen LogP contribution in [-0.2, 0) is 6.67 Å². The first-order valence-electron chi connectivity index (χ1n) is 3.78. The van der Waals surface area contributed by atoms with Crippen molar-refractivity contribution in [3.8, 4) is 5.75 Å². The van der Waals surface area contributed by atoms with Crippen molar-refractivity contribution in [2.75, 3.05) is 7.11 Å². The van der Waals surface area contributed by atoms with E-state index in [-0.39, 0.29) is 5.46 Å². The van der Waals surface area contributed by atoms with Gasteiger partial charge in [-0.15, -0.1) is 0 Å². The summed E-state index contributed by atoms with van der Waals surface area (Å²) in [5.74, 6) is 0.409. The first-order chi connectivity index (χ1) is 6.19. The van der Waals surface area contributed by atoms with Gasteiger partial charge in [-0.2, -0.15) is 0 Å². The van der Waals surface area contributed by atoms with Crippen molar-refractivity contribution < 1.29 is 19.2 Å². The molecule has 3 nitrogen and oxygen atoms in total. The summed E-state index contributed by atoms with van der Waals surface area (Å²) >= 11 is 0. The number of hydrogen-bond donors (Lipinski definition) is 2. The molecule has 0 aliphatic heterocycles. The molecule has 0 radical (unpaired) electrons. The van der Waals surface area contributed by atoms with Crippen LogP contribution in [0.15, 0.2) is 18.2 Å². The number of rotatable bonds is 3. The van der Waals surface area contributed by atoms with Gasteiger partial charge in [0.1, 0.15) is 12.4 Å². The predicted octanol–water partition coefficient (Wildman–Crippen LogP) is -0.156. The Morgan fingerprint density at radius 3 is 2.62 bits per heavy atom. The Morgan fingerprint density at radius 1 is 1.46 bits per heavy atom. The Balaban J connectivity index is 3.05. The molecule has 0 aromatic heterocycles. The van der Waals surface area contributed by atoms with Crippen molar-refractivity contribution in [2.45, 2.75) is 6.67 Å². The van der Waals surface area contributed by atoms with Crippen LogP contribution in [0.4, 0.5) is 4.39 Å². The molecule has 1 rings (SSSR count). The monoisotopic (exact) mass is 184 g/mol. The van der Waals surface area contributed by atoms with Gasteiger partial charge in [0.05, 0.1) is 7.11 Å². The molecule has 0 atom stereocenters. The van der Waals surface area contributed by atoms with Gasteiger partial charge >= 0.3 is 7.12 Å². The van der Waals surface area contributed by atoms with E-state index in [4.69, 9.17) is 14.8 Å². The summed E-state index contributed by atoms with van der Waals surface area (Å²) in [6.45, 7) is -0.691. The topological polar surface area (TPSA) is 49.7 Å². The van der Waals surface area contributed by atoms with Crippen LogP contribution in [0.2, 0.25) is 0 Å². The van der Waals surface area contributed by atoms with Crippen LogP contribution < -0.4 is 10.2 Å². The molecule has 0 unspecified atom stereocenters. The summed E-state index contributed by atoms with van der Waals surface area (Å²) in [7, 11) is -0.139. The Hall–Kier alpha value is -1.07. The van der Waals surface area contributed by atoms with Crippen LogP contribution in [0.25, 0.3) is 0 Å². The van der Waals surface area contributed by atoms with Crippen LogP contribution in [-0.4, -0.2) is 24.3 Å². The van der Waals surface area contributed by atoms with E-state index >= 15 is 0 Å². The van der Waals surface area contributed by atoms with Crippen molar-refractivity contribution in [3.63, 3.8) is 0 Å². The summed E-state index contributed by atoms with van der Waals surface area (Å²) in [5, 5.41) is 17.6. The van der Waals surface area contributed by atoms with Crippen molar-refractivity contribution in [2.24, 2.45) is 0 Å². The lowest BCUT2D eigenvalue weighted by Gasteiger charge is -2.07. The van der Waals surface area contributed by atoms with Gasteiger partial charge in [0.2, 0.25) is 0 Å². The number of ether oxygens (including phenoxy) is 1.